The highest BCUT2D eigenvalue weighted by Crippen LogP contribution is 2.34. The fraction of sp³-hybridized carbons (Fsp3) is 0.278. The molecule has 140 valence electrons. The molecule has 26 heavy (non-hydrogen) atoms. The molecular weight excluding hydrogens is 376 g/mol. The van der Waals surface area contributed by atoms with Crippen LogP contribution in [0.15, 0.2) is 41.3 Å². The molecule has 2 aromatic carbocycles. The second kappa shape index (κ2) is 9.45. The third-order valence-electron chi connectivity index (χ3n) is 3.65. The Balaban J connectivity index is 0.00000243. The molecule has 3 rings (SSSR count). The van der Waals surface area contributed by atoms with Gasteiger partial charge in [-0.1, -0.05) is 0 Å². The smallest absolute Gasteiger partial charge is 0.225 e. The molecule has 0 aromatic heterocycles. The van der Waals surface area contributed by atoms with Crippen molar-refractivity contribution < 1.29 is 19.0 Å². The highest BCUT2D eigenvalue weighted by atomic mass is 35.5. The van der Waals surface area contributed by atoms with Crippen molar-refractivity contribution in [3.05, 3.63) is 36.4 Å². The molecule has 0 unspecified atom stereocenters. The Hall–Kier alpha value is -2.25. The number of ether oxygens (including phenoxy) is 3. The van der Waals surface area contributed by atoms with Gasteiger partial charge in [0.1, 0.15) is 19.0 Å². The fourth-order valence-electron chi connectivity index (χ4n) is 2.36. The van der Waals surface area contributed by atoms with E-state index in [1.165, 1.54) is 0 Å². The lowest BCUT2D eigenvalue weighted by Crippen LogP contribution is -2.15. The maximum absolute atomic E-state index is 12.1. The first-order valence-electron chi connectivity index (χ1n) is 7.91. The molecule has 0 spiro atoms. The SMILES string of the molecule is COc1ccc(N)c(NC(=O)CCSc2ccc3c(c2)OCCO3)c1.Cl. The van der Waals surface area contributed by atoms with E-state index in [4.69, 9.17) is 19.9 Å². The Morgan fingerprint density at radius 1 is 1.19 bits per heavy atom. The molecule has 0 fully saturated rings. The lowest BCUT2D eigenvalue weighted by molar-refractivity contribution is -0.115. The van der Waals surface area contributed by atoms with Crippen LogP contribution in [0.1, 0.15) is 6.42 Å². The van der Waals surface area contributed by atoms with Gasteiger partial charge in [-0.25, -0.2) is 0 Å². The van der Waals surface area contributed by atoms with Gasteiger partial charge >= 0.3 is 0 Å². The number of anilines is 2. The molecule has 2 aromatic rings. The van der Waals surface area contributed by atoms with Crippen LogP contribution in [0.5, 0.6) is 17.2 Å². The first-order valence-corrected chi connectivity index (χ1v) is 8.90. The molecule has 0 bridgehead atoms. The average Bonchev–Trinajstić information content (AvgIpc) is 2.63. The Kier molecular flexibility index (Phi) is 7.29. The van der Waals surface area contributed by atoms with Crippen LogP contribution in [-0.2, 0) is 4.79 Å². The van der Waals surface area contributed by atoms with Crippen LogP contribution in [0.25, 0.3) is 0 Å². The average molecular weight is 397 g/mol. The predicted octanol–water partition coefficient (Wildman–Crippen LogP) is 3.59. The van der Waals surface area contributed by atoms with Gasteiger partial charge in [0.25, 0.3) is 0 Å². The third kappa shape index (κ3) is 5.12. The number of carbonyl (C=O) groups excluding carboxylic acids is 1. The Morgan fingerprint density at radius 2 is 1.96 bits per heavy atom. The number of halogens is 1. The van der Waals surface area contributed by atoms with E-state index in [1.807, 2.05) is 18.2 Å². The van der Waals surface area contributed by atoms with Crippen molar-refractivity contribution >= 4 is 41.5 Å². The summed E-state index contributed by atoms with van der Waals surface area (Å²) in [5.74, 6) is 2.72. The zero-order valence-electron chi connectivity index (χ0n) is 14.3. The number of rotatable bonds is 6. The van der Waals surface area contributed by atoms with Crippen LogP contribution in [0.4, 0.5) is 11.4 Å². The molecule has 1 heterocycles. The molecule has 8 heteroatoms. The zero-order valence-corrected chi connectivity index (χ0v) is 16.0. The lowest BCUT2D eigenvalue weighted by Gasteiger charge is -2.18. The van der Waals surface area contributed by atoms with Crippen molar-refractivity contribution in [1.29, 1.82) is 0 Å². The molecule has 0 saturated carbocycles. The molecule has 0 radical (unpaired) electrons. The van der Waals surface area contributed by atoms with Gasteiger partial charge in [-0.05, 0) is 30.3 Å². The normalized spacial score (nSPS) is 12.0. The number of hydrogen-bond donors (Lipinski definition) is 2. The van der Waals surface area contributed by atoms with E-state index in [9.17, 15) is 4.79 Å². The summed E-state index contributed by atoms with van der Waals surface area (Å²) in [6.45, 7) is 1.14. The first kappa shape index (κ1) is 20.1. The van der Waals surface area contributed by atoms with Crippen LogP contribution >= 0.6 is 24.2 Å². The van der Waals surface area contributed by atoms with Crippen LogP contribution in [0.2, 0.25) is 0 Å². The number of methoxy groups -OCH3 is 1. The molecule has 0 atom stereocenters. The Morgan fingerprint density at radius 3 is 2.73 bits per heavy atom. The van der Waals surface area contributed by atoms with E-state index in [1.54, 1.807) is 37.1 Å². The number of thioether (sulfide) groups is 1. The summed E-state index contributed by atoms with van der Waals surface area (Å²) in [6.07, 6.45) is 0.371. The summed E-state index contributed by atoms with van der Waals surface area (Å²) >= 11 is 1.59. The van der Waals surface area contributed by atoms with Gasteiger partial charge in [-0.2, -0.15) is 0 Å². The number of hydrogen-bond acceptors (Lipinski definition) is 6. The zero-order chi connectivity index (χ0) is 17.6. The van der Waals surface area contributed by atoms with Gasteiger partial charge in [-0.15, -0.1) is 24.2 Å². The first-order chi connectivity index (χ1) is 12.2. The minimum atomic E-state index is -0.0926. The Labute approximate surface area is 162 Å². The highest BCUT2D eigenvalue weighted by molar-refractivity contribution is 7.99. The number of nitrogen functional groups attached to an aromatic ring is 1. The monoisotopic (exact) mass is 396 g/mol. The lowest BCUT2D eigenvalue weighted by atomic mass is 10.2. The maximum Gasteiger partial charge on any atom is 0.225 e. The number of amides is 1. The van der Waals surface area contributed by atoms with Gasteiger partial charge in [-0.3, -0.25) is 4.79 Å². The molecule has 1 aliphatic heterocycles. The number of fused-ring (bicyclic) bond motifs is 1. The molecule has 6 nitrogen and oxygen atoms in total. The van der Waals surface area contributed by atoms with E-state index in [0.717, 1.165) is 16.4 Å². The summed E-state index contributed by atoms with van der Waals surface area (Å²) < 4.78 is 16.2. The van der Waals surface area contributed by atoms with Gasteiger partial charge < -0.3 is 25.3 Å². The van der Waals surface area contributed by atoms with Gasteiger partial charge in [0.15, 0.2) is 11.5 Å². The second-order valence-corrected chi connectivity index (χ2v) is 6.57. The molecule has 0 saturated heterocycles. The van der Waals surface area contributed by atoms with E-state index >= 15 is 0 Å². The molecule has 3 N–H and O–H groups in total. The summed E-state index contributed by atoms with van der Waals surface area (Å²) in [4.78, 5) is 13.2. The number of carbonyl (C=O) groups is 1. The van der Waals surface area contributed by atoms with E-state index in [-0.39, 0.29) is 18.3 Å². The predicted molar refractivity (Wildman–Crippen MR) is 106 cm³/mol. The van der Waals surface area contributed by atoms with Crippen molar-refractivity contribution in [3.8, 4) is 17.2 Å². The molecule has 0 aliphatic carbocycles. The largest absolute Gasteiger partial charge is 0.497 e. The summed E-state index contributed by atoms with van der Waals surface area (Å²) in [5.41, 5.74) is 6.95. The molecule has 1 amide bonds. The second-order valence-electron chi connectivity index (χ2n) is 5.41. The number of benzene rings is 2. The Bertz CT molecular complexity index is 773. The van der Waals surface area contributed by atoms with Gasteiger partial charge in [0, 0.05) is 23.1 Å². The standard InChI is InChI=1S/C18H20N2O4S.ClH/c1-22-12-2-4-14(19)15(10-12)20-18(21)6-9-25-13-3-5-16-17(11-13)24-8-7-23-16;/h2-5,10-11H,6-9,19H2,1H3,(H,20,21);1H. The van der Waals surface area contributed by atoms with E-state index in [0.29, 0.717) is 42.5 Å². The minimum absolute atomic E-state index is 0. The van der Waals surface area contributed by atoms with Crippen LogP contribution in [-0.4, -0.2) is 32.0 Å². The summed E-state index contributed by atoms with van der Waals surface area (Å²) in [6, 6.07) is 11.0. The molecular formula is C18H21ClN2O4S. The maximum atomic E-state index is 12.1. The van der Waals surface area contributed by atoms with E-state index < -0.39 is 0 Å². The van der Waals surface area contributed by atoms with Crippen molar-refractivity contribution in [2.24, 2.45) is 0 Å². The van der Waals surface area contributed by atoms with Crippen LogP contribution in [0.3, 0.4) is 0 Å². The van der Waals surface area contributed by atoms with Crippen molar-refractivity contribution in [2.75, 3.05) is 37.1 Å². The highest BCUT2D eigenvalue weighted by Gasteiger charge is 2.12. The third-order valence-corrected chi connectivity index (χ3v) is 4.64. The summed E-state index contributed by atoms with van der Waals surface area (Å²) in [7, 11) is 1.57. The van der Waals surface area contributed by atoms with Crippen LogP contribution in [0, 0.1) is 0 Å². The van der Waals surface area contributed by atoms with Gasteiger partial charge in [0.2, 0.25) is 5.91 Å². The van der Waals surface area contributed by atoms with Crippen molar-refractivity contribution in [3.63, 3.8) is 0 Å². The summed E-state index contributed by atoms with van der Waals surface area (Å²) in [5, 5.41) is 2.82. The number of nitrogens with one attached hydrogen (secondary N) is 1. The van der Waals surface area contributed by atoms with Crippen molar-refractivity contribution in [2.45, 2.75) is 11.3 Å². The van der Waals surface area contributed by atoms with Crippen molar-refractivity contribution in [1.82, 2.24) is 0 Å². The van der Waals surface area contributed by atoms with Crippen LogP contribution < -0.4 is 25.3 Å². The fourth-order valence-corrected chi connectivity index (χ4v) is 3.24. The van der Waals surface area contributed by atoms with E-state index in [2.05, 4.69) is 5.32 Å². The van der Waals surface area contributed by atoms with Gasteiger partial charge in [0.05, 0.1) is 18.5 Å². The minimum Gasteiger partial charge on any atom is -0.497 e. The quantitative estimate of drug-likeness (QED) is 0.573. The molecule has 1 aliphatic rings. The topological polar surface area (TPSA) is 82.8 Å². The number of nitrogens with two attached hydrogens (primary N) is 1.